The Hall–Kier alpha value is -0.870. The van der Waals surface area contributed by atoms with E-state index in [4.69, 9.17) is 4.78 Å². The zero-order valence-corrected chi connectivity index (χ0v) is 15.7. The fourth-order valence-electron chi connectivity index (χ4n) is 5.44. The summed E-state index contributed by atoms with van der Waals surface area (Å²) in [6, 6.07) is 9.24. The van der Waals surface area contributed by atoms with Crippen molar-refractivity contribution in [2.45, 2.75) is 63.4 Å². The van der Waals surface area contributed by atoms with E-state index in [0.29, 0.717) is 28.4 Å². The lowest BCUT2D eigenvalue weighted by molar-refractivity contribution is -0.0271. The number of aliphatic hydroxyl groups is 1. The minimum Gasteiger partial charge on any atom is -0.393 e. The summed E-state index contributed by atoms with van der Waals surface area (Å²) < 4.78 is 21.0. The smallest absolute Gasteiger partial charge is 0.0726 e. The second-order valence-corrected chi connectivity index (χ2v) is 10.4. The summed E-state index contributed by atoms with van der Waals surface area (Å²) in [5.74, 6) is 1.93. The van der Waals surface area contributed by atoms with Crippen molar-refractivity contribution in [2.24, 2.45) is 23.2 Å². The Kier molecular flexibility index (Phi) is 5.08. The van der Waals surface area contributed by atoms with E-state index in [1.807, 2.05) is 30.3 Å². The van der Waals surface area contributed by atoms with Crippen molar-refractivity contribution in [1.82, 2.24) is 0 Å². The van der Waals surface area contributed by atoms with Gasteiger partial charge in [-0.3, -0.25) is 0 Å². The molecule has 0 bridgehead atoms. The number of nitrogens with one attached hydrogen (secondary N) is 1. The third kappa shape index (κ3) is 3.28. The van der Waals surface area contributed by atoms with Crippen LogP contribution in [0.1, 0.15) is 52.4 Å². The Balaban J connectivity index is 1.66. The molecule has 134 valence electrons. The molecule has 1 aromatic carbocycles. The highest BCUT2D eigenvalue weighted by Gasteiger charge is 2.52. The van der Waals surface area contributed by atoms with Gasteiger partial charge in [0.05, 0.1) is 15.8 Å². The molecular weight excluding hydrogens is 318 g/mol. The average molecular weight is 350 g/mol. The van der Waals surface area contributed by atoms with Crippen LogP contribution in [0.2, 0.25) is 0 Å². The fraction of sp³-hybridized carbons (Fsp3) is 0.700. The zero-order chi connectivity index (χ0) is 17.4. The van der Waals surface area contributed by atoms with E-state index in [1.54, 1.807) is 0 Å². The normalized spacial score (nSPS) is 36.7. The third-order valence-corrected chi connectivity index (χ3v) is 8.68. The Morgan fingerprint density at radius 1 is 1.29 bits per heavy atom. The van der Waals surface area contributed by atoms with Gasteiger partial charge in [-0.05, 0) is 67.4 Å². The molecule has 2 aliphatic carbocycles. The summed E-state index contributed by atoms with van der Waals surface area (Å²) in [4.78, 5) is 0.654. The lowest BCUT2D eigenvalue weighted by Gasteiger charge is -2.45. The van der Waals surface area contributed by atoms with Crippen molar-refractivity contribution in [3.63, 3.8) is 0 Å². The number of rotatable bonds is 5. The van der Waals surface area contributed by atoms with Gasteiger partial charge in [0.25, 0.3) is 0 Å². The number of benzene rings is 1. The first-order chi connectivity index (χ1) is 11.3. The maximum absolute atomic E-state index is 12.7. The Morgan fingerprint density at radius 2 is 2.00 bits per heavy atom. The maximum atomic E-state index is 12.7. The molecule has 0 aliphatic heterocycles. The van der Waals surface area contributed by atoms with Crippen LogP contribution in [0.15, 0.2) is 35.2 Å². The first-order valence-electron chi connectivity index (χ1n) is 9.34. The third-order valence-electron chi connectivity index (χ3n) is 6.83. The number of aliphatic hydroxyl groups excluding tert-OH is 1. The van der Waals surface area contributed by atoms with Crippen molar-refractivity contribution >= 4 is 9.73 Å². The fourth-order valence-corrected chi connectivity index (χ4v) is 6.97. The SMILES string of the molecule is C[C@H](CC[S@](=N)(=O)c1ccccc1)[C@H]1CC[C@H]2[C@@H](O)CCC[C@]12C. The molecule has 0 heterocycles. The van der Waals surface area contributed by atoms with Crippen LogP contribution in [0.3, 0.4) is 0 Å². The molecule has 0 radical (unpaired) electrons. The second-order valence-electron chi connectivity index (χ2n) is 8.21. The molecule has 0 aromatic heterocycles. The zero-order valence-electron chi connectivity index (χ0n) is 14.9. The van der Waals surface area contributed by atoms with Crippen LogP contribution in [0.4, 0.5) is 0 Å². The van der Waals surface area contributed by atoms with Gasteiger partial charge >= 0.3 is 0 Å². The van der Waals surface area contributed by atoms with E-state index in [0.717, 1.165) is 25.7 Å². The summed E-state index contributed by atoms with van der Waals surface area (Å²) in [6.45, 7) is 4.63. The second kappa shape index (κ2) is 6.80. The van der Waals surface area contributed by atoms with E-state index in [1.165, 1.54) is 12.8 Å². The van der Waals surface area contributed by atoms with Gasteiger partial charge in [0.15, 0.2) is 0 Å². The lowest BCUT2D eigenvalue weighted by atomic mass is 9.61. The number of hydrogen-bond donors (Lipinski definition) is 2. The Morgan fingerprint density at radius 3 is 2.71 bits per heavy atom. The molecule has 0 amide bonds. The van der Waals surface area contributed by atoms with Gasteiger partial charge in [-0.25, -0.2) is 8.99 Å². The molecule has 0 unspecified atom stereocenters. The first-order valence-corrected chi connectivity index (χ1v) is 11.1. The van der Waals surface area contributed by atoms with Crippen LogP contribution >= 0.6 is 0 Å². The monoisotopic (exact) mass is 349 g/mol. The maximum Gasteiger partial charge on any atom is 0.0726 e. The minimum absolute atomic E-state index is 0.134. The van der Waals surface area contributed by atoms with Crippen molar-refractivity contribution < 1.29 is 9.32 Å². The lowest BCUT2D eigenvalue weighted by Crippen LogP contribution is -2.41. The van der Waals surface area contributed by atoms with E-state index in [9.17, 15) is 9.32 Å². The molecule has 2 saturated carbocycles. The van der Waals surface area contributed by atoms with E-state index < -0.39 is 9.73 Å². The highest BCUT2D eigenvalue weighted by Crippen LogP contribution is 2.58. The minimum atomic E-state index is -2.69. The summed E-state index contributed by atoms with van der Waals surface area (Å²) in [6.07, 6.45) is 6.28. The Labute approximate surface area is 146 Å². The summed E-state index contributed by atoms with van der Waals surface area (Å²) in [5.41, 5.74) is 0.229. The molecule has 0 saturated heterocycles. The molecule has 2 fully saturated rings. The van der Waals surface area contributed by atoms with Crippen LogP contribution in [-0.4, -0.2) is 21.2 Å². The molecule has 24 heavy (non-hydrogen) atoms. The first kappa shape index (κ1) is 17.9. The molecule has 2 N–H and O–H groups in total. The van der Waals surface area contributed by atoms with Crippen molar-refractivity contribution in [2.75, 3.05) is 5.75 Å². The quantitative estimate of drug-likeness (QED) is 0.809. The number of fused-ring (bicyclic) bond motifs is 1. The summed E-state index contributed by atoms with van der Waals surface area (Å²) >= 11 is 0. The van der Waals surface area contributed by atoms with Crippen LogP contribution in [0, 0.1) is 27.9 Å². The molecule has 3 nitrogen and oxygen atoms in total. The highest BCUT2D eigenvalue weighted by atomic mass is 32.2. The largest absolute Gasteiger partial charge is 0.393 e. The highest BCUT2D eigenvalue weighted by molar-refractivity contribution is 7.92. The molecular formula is C20H31NO2S. The van der Waals surface area contributed by atoms with Gasteiger partial charge in [-0.2, -0.15) is 0 Å². The molecule has 6 atom stereocenters. The van der Waals surface area contributed by atoms with Gasteiger partial charge < -0.3 is 5.11 Å². The van der Waals surface area contributed by atoms with Crippen molar-refractivity contribution in [3.05, 3.63) is 30.3 Å². The molecule has 2 aliphatic rings. The average Bonchev–Trinajstić information content (AvgIpc) is 2.92. The van der Waals surface area contributed by atoms with Crippen LogP contribution in [-0.2, 0) is 9.73 Å². The summed E-state index contributed by atoms with van der Waals surface area (Å²) in [7, 11) is -2.69. The predicted octanol–water partition coefficient (Wildman–Crippen LogP) is 4.70. The molecule has 3 rings (SSSR count). The van der Waals surface area contributed by atoms with E-state index in [2.05, 4.69) is 13.8 Å². The van der Waals surface area contributed by atoms with Gasteiger partial charge in [0.2, 0.25) is 0 Å². The van der Waals surface area contributed by atoms with Crippen LogP contribution in [0.5, 0.6) is 0 Å². The Bertz CT molecular complexity index is 657. The van der Waals surface area contributed by atoms with Crippen molar-refractivity contribution in [1.29, 1.82) is 4.78 Å². The molecule has 0 spiro atoms. The van der Waals surface area contributed by atoms with E-state index in [-0.39, 0.29) is 11.5 Å². The van der Waals surface area contributed by atoms with Crippen LogP contribution in [0.25, 0.3) is 0 Å². The van der Waals surface area contributed by atoms with Gasteiger partial charge in [0.1, 0.15) is 0 Å². The van der Waals surface area contributed by atoms with Gasteiger partial charge in [-0.15, -0.1) is 0 Å². The molecule has 4 heteroatoms. The van der Waals surface area contributed by atoms with E-state index >= 15 is 0 Å². The number of hydrogen-bond acceptors (Lipinski definition) is 3. The topological polar surface area (TPSA) is 61.2 Å². The van der Waals surface area contributed by atoms with Gasteiger partial charge in [-0.1, -0.05) is 38.5 Å². The molecule has 1 aromatic rings. The van der Waals surface area contributed by atoms with Crippen LogP contribution < -0.4 is 0 Å². The van der Waals surface area contributed by atoms with Gasteiger partial charge in [0, 0.05) is 10.6 Å². The predicted molar refractivity (Wildman–Crippen MR) is 98.4 cm³/mol. The summed E-state index contributed by atoms with van der Waals surface area (Å²) in [5, 5.41) is 10.4. The van der Waals surface area contributed by atoms with Crippen molar-refractivity contribution in [3.8, 4) is 0 Å². The standard InChI is InChI=1S/C20H31NO2S/c1-15(12-14-24(21,23)16-7-4-3-5-8-16)17-10-11-18-19(22)9-6-13-20(17,18)2/h3-5,7-8,15,17-19,21-22H,6,9-14H2,1-2H3/t15-,17-,18+,19+,20-,24+/m1/s1.